The number of phenols is 1. The van der Waals surface area contributed by atoms with Crippen LogP contribution in [0, 0.1) is 12.7 Å². The molecule has 0 aliphatic rings. The average molecular weight is 340 g/mol. The first-order valence-corrected chi connectivity index (χ1v) is 6.86. The highest BCUT2D eigenvalue weighted by atomic mass is 79.9. The van der Waals surface area contributed by atoms with Crippen LogP contribution in [-0.2, 0) is 6.54 Å². The molecule has 2 aromatic carbocycles. The van der Waals surface area contributed by atoms with Gasteiger partial charge in [0.1, 0.15) is 5.82 Å². The van der Waals surface area contributed by atoms with Gasteiger partial charge in [-0.2, -0.15) is 0 Å². The van der Waals surface area contributed by atoms with Crippen LogP contribution in [0.5, 0.6) is 11.5 Å². The Morgan fingerprint density at radius 2 is 2.05 bits per heavy atom. The Bertz CT molecular complexity index is 632. The molecule has 0 saturated carbocycles. The molecule has 2 N–H and O–H groups in total. The highest BCUT2D eigenvalue weighted by Gasteiger charge is 2.06. The highest BCUT2D eigenvalue weighted by Crippen LogP contribution is 2.28. The van der Waals surface area contributed by atoms with Gasteiger partial charge in [-0.25, -0.2) is 4.39 Å². The van der Waals surface area contributed by atoms with Crippen LogP contribution in [0.1, 0.15) is 11.1 Å². The zero-order valence-electron chi connectivity index (χ0n) is 11.2. The number of benzene rings is 2. The van der Waals surface area contributed by atoms with E-state index in [1.54, 1.807) is 24.3 Å². The van der Waals surface area contributed by atoms with E-state index in [0.717, 1.165) is 16.8 Å². The minimum atomic E-state index is -0.278. The van der Waals surface area contributed by atoms with Crippen molar-refractivity contribution in [3.05, 3.63) is 51.7 Å². The largest absolute Gasteiger partial charge is 0.504 e. The molecule has 0 fully saturated rings. The first kappa shape index (κ1) is 14.7. The number of hydrogen-bond donors (Lipinski definition) is 2. The Morgan fingerprint density at radius 3 is 2.75 bits per heavy atom. The average Bonchev–Trinajstić information content (AvgIpc) is 2.43. The van der Waals surface area contributed by atoms with Crippen LogP contribution in [0.2, 0.25) is 0 Å². The van der Waals surface area contributed by atoms with Gasteiger partial charge in [0.15, 0.2) is 11.5 Å². The van der Waals surface area contributed by atoms with E-state index < -0.39 is 0 Å². The molecule has 0 heterocycles. The van der Waals surface area contributed by atoms with E-state index in [0.29, 0.717) is 16.8 Å². The van der Waals surface area contributed by atoms with E-state index in [4.69, 9.17) is 4.74 Å². The molecule has 5 heteroatoms. The van der Waals surface area contributed by atoms with Gasteiger partial charge in [0.2, 0.25) is 0 Å². The second kappa shape index (κ2) is 6.13. The number of rotatable bonds is 4. The first-order chi connectivity index (χ1) is 9.51. The Kier molecular flexibility index (Phi) is 4.49. The monoisotopic (exact) mass is 339 g/mol. The summed E-state index contributed by atoms with van der Waals surface area (Å²) in [5.74, 6) is 0.262. The number of anilines is 1. The fourth-order valence-electron chi connectivity index (χ4n) is 1.87. The summed E-state index contributed by atoms with van der Waals surface area (Å²) in [6.07, 6.45) is 0. The predicted molar refractivity (Wildman–Crippen MR) is 80.8 cm³/mol. The summed E-state index contributed by atoms with van der Waals surface area (Å²) in [5, 5.41) is 12.8. The lowest BCUT2D eigenvalue weighted by Crippen LogP contribution is -2.02. The maximum atomic E-state index is 13.3. The van der Waals surface area contributed by atoms with Crippen molar-refractivity contribution < 1.29 is 14.2 Å². The summed E-state index contributed by atoms with van der Waals surface area (Å²) in [6, 6.07) is 8.34. The Morgan fingerprint density at radius 1 is 1.30 bits per heavy atom. The van der Waals surface area contributed by atoms with Crippen molar-refractivity contribution in [2.24, 2.45) is 0 Å². The minimum absolute atomic E-state index is 0.108. The van der Waals surface area contributed by atoms with Crippen molar-refractivity contribution in [2.45, 2.75) is 13.5 Å². The molecule has 0 amide bonds. The zero-order valence-corrected chi connectivity index (χ0v) is 12.8. The number of ether oxygens (including phenoxy) is 1. The minimum Gasteiger partial charge on any atom is -0.504 e. The van der Waals surface area contributed by atoms with Crippen molar-refractivity contribution in [1.29, 1.82) is 0 Å². The zero-order chi connectivity index (χ0) is 14.7. The van der Waals surface area contributed by atoms with Crippen LogP contribution in [-0.4, -0.2) is 12.2 Å². The molecule has 0 aliphatic heterocycles. The predicted octanol–water partition coefficient (Wildman–Crippen LogP) is 4.22. The van der Waals surface area contributed by atoms with Crippen molar-refractivity contribution in [1.82, 2.24) is 0 Å². The third kappa shape index (κ3) is 3.22. The van der Waals surface area contributed by atoms with Crippen LogP contribution < -0.4 is 10.1 Å². The van der Waals surface area contributed by atoms with Gasteiger partial charge >= 0.3 is 0 Å². The van der Waals surface area contributed by atoms with Crippen molar-refractivity contribution in [3.63, 3.8) is 0 Å². The van der Waals surface area contributed by atoms with Crippen LogP contribution >= 0.6 is 15.9 Å². The molecule has 0 unspecified atom stereocenters. The fraction of sp³-hybridized carbons (Fsp3) is 0.200. The number of aryl methyl sites for hydroxylation is 1. The van der Waals surface area contributed by atoms with Gasteiger partial charge in [0, 0.05) is 12.2 Å². The van der Waals surface area contributed by atoms with Crippen molar-refractivity contribution in [3.8, 4) is 11.5 Å². The standard InChI is InChI=1S/C15H15BrFNO2/c1-9-5-12(17)11(16)7-13(9)18-8-10-3-4-14(19)15(6-10)20-2/h3-7,18-19H,8H2,1-2H3. The van der Waals surface area contributed by atoms with Crippen molar-refractivity contribution >= 4 is 21.6 Å². The Hall–Kier alpha value is -1.75. The van der Waals surface area contributed by atoms with Gasteiger partial charge in [-0.15, -0.1) is 0 Å². The normalized spacial score (nSPS) is 10.4. The van der Waals surface area contributed by atoms with Gasteiger partial charge in [0.05, 0.1) is 11.6 Å². The summed E-state index contributed by atoms with van der Waals surface area (Å²) in [4.78, 5) is 0. The van der Waals surface area contributed by atoms with Gasteiger partial charge in [0.25, 0.3) is 0 Å². The molecule has 20 heavy (non-hydrogen) atoms. The Labute approximate surface area is 125 Å². The smallest absolute Gasteiger partial charge is 0.160 e. The second-order valence-corrected chi connectivity index (χ2v) is 5.30. The molecule has 0 aromatic heterocycles. The third-order valence-corrected chi connectivity index (χ3v) is 3.60. The van der Waals surface area contributed by atoms with E-state index in [1.807, 2.05) is 6.92 Å². The maximum absolute atomic E-state index is 13.3. The SMILES string of the molecule is COc1cc(CNc2cc(Br)c(F)cc2C)ccc1O. The molecule has 0 atom stereocenters. The first-order valence-electron chi connectivity index (χ1n) is 6.06. The molecule has 2 rings (SSSR count). The van der Waals surface area contributed by atoms with Crippen molar-refractivity contribution in [2.75, 3.05) is 12.4 Å². The summed E-state index contributed by atoms with van der Waals surface area (Å²) in [7, 11) is 1.51. The summed E-state index contributed by atoms with van der Waals surface area (Å²) < 4.78 is 18.8. The van der Waals surface area contributed by atoms with Gasteiger partial charge in [-0.3, -0.25) is 0 Å². The lowest BCUT2D eigenvalue weighted by atomic mass is 10.1. The molecular weight excluding hydrogens is 325 g/mol. The van der Waals surface area contributed by atoms with Crippen LogP contribution in [0.25, 0.3) is 0 Å². The molecule has 0 radical (unpaired) electrons. The van der Waals surface area contributed by atoms with E-state index >= 15 is 0 Å². The number of methoxy groups -OCH3 is 1. The van der Waals surface area contributed by atoms with E-state index in [9.17, 15) is 9.50 Å². The summed E-state index contributed by atoms with van der Waals surface area (Å²) in [5.41, 5.74) is 2.64. The number of hydrogen-bond acceptors (Lipinski definition) is 3. The molecule has 2 aromatic rings. The molecule has 106 valence electrons. The van der Waals surface area contributed by atoms with Gasteiger partial charge in [-0.1, -0.05) is 6.07 Å². The van der Waals surface area contributed by atoms with Gasteiger partial charge in [-0.05, 0) is 58.2 Å². The van der Waals surface area contributed by atoms with Gasteiger partial charge < -0.3 is 15.2 Å². The third-order valence-electron chi connectivity index (χ3n) is 2.99. The number of nitrogens with one attached hydrogen (secondary N) is 1. The van der Waals surface area contributed by atoms with E-state index in [2.05, 4.69) is 21.2 Å². The fourth-order valence-corrected chi connectivity index (χ4v) is 2.21. The molecular formula is C15H15BrFNO2. The van der Waals surface area contributed by atoms with Crippen LogP contribution in [0.4, 0.5) is 10.1 Å². The van der Waals surface area contributed by atoms with Crippen LogP contribution in [0.15, 0.2) is 34.8 Å². The van der Waals surface area contributed by atoms with E-state index in [-0.39, 0.29) is 11.6 Å². The summed E-state index contributed by atoms with van der Waals surface area (Å²) >= 11 is 3.17. The number of aromatic hydroxyl groups is 1. The summed E-state index contributed by atoms with van der Waals surface area (Å²) in [6.45, 7) is 2.39. The second-order valence-electron chi connectivity index (χ2n) is 4.44. The van der Waals surface area contributed by atoms with E-state index in [1.165, 1.54) is 13.2 Å². The molecule has 0 saturated heterocycles. The highest BCUT2D eigenvalue weighted by molar-refractivity contribution is 9.10. The molecule has 3 nitrogen and oxygen atoms in total. The molecule has 0 bridgehead atoms. The maximum Gasteiger partial charge on any atom is 0.160 e. The lowest BCUT2D eigenvalue weighted by Gasteiger charge is -2.12. The number of halogens is 2. The topological polar surface area (TPSA) is 41.5 Å². The lowest BCUT2D eigenvalue weighted by molar-refractivity contribution is 0.373. The molecule has 0 aliphatic carbocycles. The Balaban J connectivity index is 2.14. The molecule has 0 spiro atoms. The number of phenolic OH excluding ortho intramolecular Hbond substituents is 1. The van der Waals surface area contributed by atoms with Crippen LogP contribution in [0.3, 0.4) is 0 Å². The quantitative estimate of drug-likeness (QED) is 0.876.